The van der Waals surface area contributed by atoms with Crippen LogP contribution < -0.4 is 4.90 Å². The van der Waals surface area contributed by atoms with E-state index in [0.717, 1.165) is 60.2 Å². The predicted molar refractivity (Wildman–Crippen MR) is 94.5 cm³/mol. The third-order valence-corrected chi connectivity index (χ3v) is 5.05. The van der Waals surface area contributed by atoms with Crippen molar-refractivity contribution < 1.29 is 4.42 Å². The van der Waals surface area contributed by atoms with Crippen molar-refractivity contribution in [1.82, 2.24) is 19.7 Å². The van der Waals surface area contributed by atoms with Gasteiger partial charge in [0, 0.05) is 39.8 Å². The highest BCUT2D eigenvalue weighted by molar-refractivity contribution is 6.31. The lowest BCUT2D eigenvalue weighted by atomic mass is 10.3. The second kappa shape index (κ2) is 6.11. The van der Waals surface area contributed by atoms with Gasteiger partial charge in [-0.1, -0.05) is 23.7 Å². The molecule has 0 unspecified atom stereocenters. The maximum Gasteiger partial charge on any atom is 0.298 e. The standard InChI is InChI=1S/C17H20ClN5O/c1-12-16(18)14(21(2)20-12)11-22-7-9-23(10-8-22)17-19-13-5-3-4-6-15(13)24-17/h3-6H,7-11H2,1-2H3. The van der Waals surface area contributed by atoms with Gasteiger partial charge < -0.3 is 9.32 Å². The average Bonchev–Trinajstić information content (AvgIpc) is 3.12. The predicted octanol–water partition coefficient (Wildman–Crippen LogP) is 2.85. The molecule has 3 heterocycles. The summed E-state index contributed by atoms with van der Waals surface area (Å²) in [4.78, 5) is 9.17. The summed E-state index contributed by atoms with van der Waals surface area (Å²) < 4.78 is 7.74. The molecular formula is C17H20ClN5O. The number of piperazine rings is 1. The first kappa shape index (κ1) is 15.5. The summed E-state index contributed by atoms with van der Waals surface area (Å²) in [5, 5.41) is 5.16. The first-order valence-electron chi connectivity index (χ1n) is 8.12. The normalized spacial score (nSPS) is 16.2. The van der Waals surface area contributed by atoms with Gasteiger partial charge in [-0.3, -0.25) is 9.58 Å². The fraction of sp³-hybridized carbons (Fsp3) is 0.412. The Morgan fingerprint density at radius 3 is 2.58 bits per heavy atom. The van der Waals surface area contributed by atoms with Gasteiger partial charge in [-0.25, -0.2) is 0 Å². The van der Waals surface area contributed by atoms with E-state index in [1.165, 1.54) is 0 Å². The highest BCUT2D eigenvalue weighted by atomic mass is 35.5. The number of rotatable bonds is 3. The summed E-state index contributed by atoms with van der Waals surface area (Å²) in [5.41, 5.74) is 3.71. The third kappa shape index (κ3) is 2.76. The summed E-state index contributed by atoms with van der Waals surface area (Å²) in [6, 6.07) is 8.59. The van der Waals surface area contributed by atoms with Gasteiger partial charge in [-0.05, 0) is 19.1 Å². The summed E-state index contributed by atoms with van der Waals surface area (Å²) in [7, 11) is 1.95. The van der Waals surface area contributed by atoms with Crippen LogP contribution in [-0.2, 0) is 13.6 Å². The molecule has 2 aromatic heterocycles. The number of halogens is 1. The van der Waals surface area contributed by atoms with Crippen molar-refractivity contribution in [2.45, 2.75) is 13.5 Å². The maximum atomic E-state index is 6.36. The van der Waals surface area contributed by atoms with Crippen LogP contribution in [-0.4, -0.2) is 45.8 Å². The number of benzene rings is 1. The Morgan fingerprint density at radius 2 is 1.92 bits per heavy atom. The number of aryl methyl sites for hydroxylation is 2. The summed E-state index contributed by atoms with van der Waals surface area (Å²) in [5.74, 6) is 0. The molecule has 0 atom stereocenters. The molecule has 1 saturated heterocycles. The van der Waals surface area contributed by atoms with E-state index in [1.807, 2.05) is 42.9 Å². The molecule has 1 aliphatic heterocycles. The second-order valence-electron chi connectivity index (χ2n) is 6.20. The van der Waals surface area contributed by atoms with Crippen molar-refractivity contribution in [1.29, 1.82) is 0 Å². The molecule has 1 aliphatic rings. The van der Waals surface area contributed by atoms with Crippen molar-refractivity contribution in [2.75, 3.05) is 31.1 Å². The minimum atomic E-state index is 0.713. The molecular weight excluding hydrogens is 326 g/mol. The van der Waals surface area contributed by atoms with Crippen molar-refractivity contribution >= 4 is 28.7 Å². The maximum absolute atomic E-state index is 6.36. The van der Waals surface area contributed by atoms with Crippen molar-refractivity contribution in [3.05, 3.63) is 40.7 Å². The van der Waals surface area contributed by atoms with E-state index in [9.17, 15) is 0 Å². The topological polar surface area (TPSA) is 50.3 Å². The summed E-state index contributed by atoms with van der Waals surface area (Å²) in [6.45, 7) is 6.43. The summed E-state index contributed by atoms with van der Waals surface area (Å²) in [6.07, 6.45) is 0. The minimum absolute atomic E-state index is 0.713. The molecule has 6 nitrogen and oxygen atoms in total. The Bertz CT molecular complexity index is 830. The molecule has 0 amide bonds. The molecule has 24 heavy (non-hydrogen) atoms. The van der Waals surface area contributed by atoms with Gasteiger partial charge in [0.25, 0.3) is 6.01 Å². The lowest BCUT2D eigenvalue weighted by molar-refractivity contribution is 0.240. The van der Waals surface area contributed by atoms with Gasteiger partial charge in [-0.2, -0.15) is 10.1 Å². The molecule has 7 heteroatoms. The Balaban J connectivity index is 1.43. The van der Waals surface area contributed by atoms with E-state index in [2.05, 4.69) is 19.9 Å². The van der Waals surface area contributed by atoms with Crippen LogP contribution in [0.5, 0.6) is 0 Å². The van der Waals surface area contributed by atoms with Crippen LogP contribution in [0.3, 0.4) is 0 Å². The number of para-hydroxylation sites is 2. The van der Waals surface area contributed by atoms with E-state index in [0.29, 0.717) is 6.01 Å². The van der Waals surface area contributed by atoms with Crippen LogP contribution in [0.2, 0.25) is 5.02 Å². The smallest absolute Gasteiger partial charge is 0.298 e. The van der Waals surface area contributed by atoms with E-state index >= 15 is 0 Å². The SMILES string of the molecule is Cc1nn(C)c(CN2CCN(c3nc4ccccc4o3)CC2)c1Cl. The van der Waals surface area contributed by atoms with Crippen molar-refractivity contribution in [3.63, 3.8) is 0 Å². The lowest BCUT2D eigenvalue weighted by Crippen LogP contribution is -2.46. The van der Waals surface area contributed by atoms with Gasteiger partial charge in [0.1, 0.15) is 5.52 Å². The first-order valence-corrected chi connectivity index (χ1v) is 8.50. The number of anilines is 1. The summed E-state index contributed by atoms with van der Waals surface area (Å²) >= 11 is 6.36. The van der Waals surface area contributed by atoms with Crippen LogP contribution in [0.25, 0.3) is 11.1 Å². The fourth-order valence-corrected chi connectivity index (χ4v) is 3.38. The van der Waals surface area contributed by atoms with Crippen LogP contribution in [0.15, 0.2) is 28.7 Å². The van der Waals surface area contributed by atoms with Crippen molar-refractivity contribution in [2.24, 2.45) is 7.05 Å². The van der Waals surface area contributed by atoms with Gasteiger partial charge in [0.2, 0.25) is 0 Å². The molecule has 0 spiro atoms. The van der Waals surface area contributed by atoms with E-state index < -0.39 is 0 Å². The number of aromatic nitrogens is 3. The zero-order valence-corrected chi connectivity index (χ0v) is 14.6. The van der Waals surface area contributed by atoms with Crippen LogP contribution in [0.1, 0.15) is 11.4 Å². The third-order valence-electron chi connectivity index (χ3n) is 4.56. The van der Waals surface area contributed by atoms with Crippen LogP contribution in [0, 0.1) is 6.92 Å². The number of oxazole rings is 1. The Labute approximate surface area is 145 Å². The molecule has 0 saturated carbocycles. The molecule has 1 aromatic carbocycles. The quantitative estimate of drug-likeness (QED) is 0.730. The molecule has 4 rings (SSSR count). The zero-order chi connectivity index (χ0) is 16.7. The number of nitrogens with zero attached hydrogens (tertiary/aromatic N) is 5. The number of fused-ring (bicyclic) bond motifs is 1. The molecule has 0 N–H and O–H groups in total. The highest BCUT2D eigenvalue weighted by Crippen LogP contribution is 2.24. The second-order valence-corrected chi connectivity index (χ2v) is 6.58. The molecule has 0 radical (unpaired) electrons. The molecule has 3 aromatic rings. The van der Waals surface area contributed by atoms with E-state index in [-0.39, 0.29) is 0 Å². The average molecular weight is 346 g/mol. The lowest BCUT2D eigenvalue weighted by Gasteiger charge is -2.33. The Hall–Kier alpha value is -2.05. The molecule has 126 valence electrons. The van der Waals surface area contributed by atoms with E-state index in [4.69, 9.17) is 16.0 Å². The zero-order valence-electron chi connectivity index (χ0n) is 13.9. The molecule has 0 aliphatic carbocycles. The van der Waals surface area contributed by atoms with Gasteiger partial charge in [0.05, 0.1) is 16.4 Å². The van der Waals surface area contributed by atoms with E-state index in [1.54, 1.807) is 0 Å². The first-order chi connectivity index (χ1) is 11.6. The van der Waals surface area contributed by atoms with Gasteiger partial charge in [-0.15, -0.1) is 0 Å². The molecule has 0 bridgehead atoms. The van der Waals surface area contributed by atoms with Crippen molar-refractivity contribution in [3.8, 4) is 0 Å². The number of hydrogen-bond acceptors (Lipinski definition) is 5. The van der Waals surface area contributed by atoms with Gasteiger partial charge >= 0.3 is 0 Å². The minimum Gasteiger partial charge on any atom is -0.423 e. The van der Waals surface area contributed by atoms with Crippen LogP contribution in [0.4, 0.5) is 6.01 Å². The largest absolute Gasteiger partial charge is 0.423 e. The monoisotopic (exact) mass is 345 g/mol. The van der Waals surface area contributed by atoms with Crippen LogP contribution >= 0.6 is 11.6 Å². The molecule has 1 fully saturated rings. The Morgan fingerprint density at radius 1 is 1.17 bits per heavy atom. The Kier molecular flexibility index (Phi) is 3.94. The fourth-order valence-electron chi connectivity index (χ4n) is 3.16. The highest BCUT2D eigenvalue weighted by Gasteiger charge is 2.23. The van der Waals surface area contributed by atoms with Gasteiger partial charge in [0.15, 0.2) is 5.58 Å². The number of hydrogen-bond donors (Lipinski definition) is 0.